The van der Waals surface area contributed by atoms with E-state index in [9.17, 15) is 9.90 Å². The number of carboxylic acids is 1. The van der Waals surface area contributed by atoms with Crippen LogP contribution in [0.25, 0.3) is 11.1 Å². The van der Waals surface area contributed by atoms with Crippen LogP contribution in [-0.4, -0.2) is 48.3 Å². The number of hydrogen-bond acceptors (Lipinski definition) is 4. The molecule has 0 fully saturated rings. The van der Waals surface area contributed by atoms with Crippen molar-refractivity contribution in [2.75, 3.05) is 27.2 Å². The molecule has 5 heteroatoms. The lowest BCUT2D eigenvalue weighted by Crippen LogP contribution is -2.29. The lowest BCUT2D eigenvalue weighted by atomic mass is 9.82. The van der Waals surface area contributed by atoms with Gasteiger partial charge in [-0.2, -0.15) is 0 Å². The molecular formula is C33H35NO4. The minimum Gasteiger partial charge on any atom is -0.493 e. The Labute approximate surface area is 225 Å². The zero-order chi connectivity index (χ0) is 27.0. The van der Waals surface area contributed by atoms with Crippen LogP contribution in [0.1, 0.15) is 39.9 Å². The molecule has 5 nitrogen and oxygen atoms in total. The van der Waals surface area contributed by atoms with Gasteiger partial charge < -0.3 is 19.8 Å². The second kappa shape index (κ2) is 12.5. The predicted octanol–water partition coefficient (Wildman–Crippen LogP) is 6.25. The van der Waals surface area contributed by atoms with Crippen molar-refractivity contribution in [2.24, 2.45) is 0 Å². The van der Waals surface area contributed by atoms with Crippen molar-refractivity contribution in [3.05, 3.63) is 125 Å². The minimum absolute atomic E-state index is 0.280. The van der Waals surface area contributed by atoms with Crippen molar-refractivity contribution >= 4 is 5.97 Å². The molecule has 0 saturated heterocycles. The molecule has 4 aromatic rings. The molecule has 0 aromatic heterocycles. The molecule has 2 N–H and O–H groups in total. The van der Waals surface area contributed by atoms with Gasteiger partial charge in [0.1, 0.15) is 11.4 Å². The molecule has 38 heavy (non-hydrogen) atoms. The highest BCUT2D eigenvalue weighted by Gasteiger charge is 2.31. The third-order valence-electron chi connectivity index (χ3n) is 6.79. The number of carboxylic acid groups (broad SMARTS) is 1. The van der Waals surface area contributed by atoms with Gasteiger partial charge in [-0.05, 0) is 85.6 Å². The zero-order valence-corrected chi connectivity index (χ0v) is 22.0. The third-order valence-corrected chi connectivity index (χ3v) is 6.79. The molecule has 1 unspecified atom stereocenters. The minimum atomic E-state index is -1.09. The van der Waals surface area contributed by atoms with E-state index in [1.54, 1.807) is 12.1 Å². The number of nitrogens with zero attached hydrogens (tertiary/aromatic N) is 1. The molecule has 1 atom stereocenters. The number of hydrogen-bond donors (Lipinski definition) is 2. The van der Waals surface area contributed by atoms with E-state index < -0.39 is 11.6 Å². The van der Waals surface area contributed by atoms with Crippen molar-refractivity contribution in [1.82, 2.24) is 4.90 Å². The molecule has 0 spiro atoms. The number of aliphatic hydroxyl groups is 1. The van der Waals surface area contributed by atoms with Crippen LogP contribution in [0.2, 0.25) is 0 Å². The number of aromatic carboxylic acids is 1. The van der Waals surface area contributed by atoms with E-state index in [-0.39, 0.29) is 5.56 Å². The van der Waals surface area contributed by atoms with Crippen LogP contribution >= 0.6 is 0 Å². The average Bonchev–Trinajstić information content (AvgIpc) is 2.94. The lowest BCUT2D eigenvalue weighted by molar-refractivity contribution is 0.0661. The van der Waals surface area contributed by atoms with Crippen molar-refractivity contribution in [3.63, 3.8) is 0 Å². The summed E-state index contributed by atoms with van der Waals surface area (Å²) < 4.78 is 6.10. The fourth-order valence-electron chi connectivity index (χ4n) is 4.62. The van der Waals surface area contributed by atoms with E-state index in [2.05, 4.69) is 17.0 Å². The highest BCUT2D eigenvalue weighted by molar-refractivity contribution is 5.88. The molecule has 196 valence electrons. The Morgan fingerprint density at radius 1 is 0.816 bits per heavy atom. The fourth-order valence-corrected chi connectivity index (χ4v) is 4.62. The van der Waals surface area contributed by atoms with Gasteiger partial charge in [-0.3, -0.25) is 0 Å². The Bertz CT molecular complexity index is 1320. The van der Waals surface area contributed by atoms with Gasteiger partial charge in [-0.1, -0.05) is 78.9 Å². The molecule has 0 saturated carbocycles. The number of carbonyl (C=O) groups is 1. The standard InChI is InChI=1S/C33H35NO4/c1-34(2)22-7-21-33(37,29-8-4-3-5-9-29)30-10-6-11-31(24-30)38-23-20-25-12-14-26(15-13-25)27-16-18-28(19-17-27)32(35)36/h3-6,8-19,24,37H,7,20-23H2,1-2H3,(H,35,36). The highest BCUT2D eigenvalue weighted by atomic mass is 16.5. The van der Waals surface area contributed by atoms with Crippen LogP contribution in [0, 0.1) is 0 Å². The van der Waals surface area contributed by atoms with Crippen molar-refractivity contribution < 1.29 is 19.7 Å². The Balaban J connectivity index is 1.40. The maximum absolute atomic E-state index is 11.9. The largest absolute Gasteiger partial charge is 0.493 e. The van der Waals surface area contributed by atoms with Gasteiger partial charge in [-0.25, -0.2) is 4.79 Å². The highest BCUT2D eigenvalue weighted by Crippen LogP contribution is 2.35. The summed E-state index contributed by atoms with van der Waals surface area (Å²) in [4.78, 5) is 13.2. The summed E-state index contributed by atoms with van der Waals surface area (Å²) in [6.07, 6.45) is 2.22. The van der Waals surface area contributed by atoms with Crippen LogP contribution in [0.15, 0.2) is 103 Å². The molecule has 0 radical (unpaired) electrons. The summed E-state index contributed by atoms with van der Waals surface area (Å²) in [5.41, 5.74) is 4.07. The number of rotatable bonds is 12. The van der Waals surface area contributed by atoms with E-state index in [1.165, 1.54) is 0 Å². The second-order valence-electron chi connectivity index (χ2n) is 9.84. The summed E-state index contributed by atoms with van der Waals surface area (Å²) in [6.45, 7) is 1.41. The maximum atomic E-state index is 11.9. The molecule has 0 aliphatic heterocycles. The predicted molar refractivity (Wildman–Crippen MR) is 152 cm³/mol. The van der Waals surface area contributed by atoms with E-state index in [4.69, 9.17) is 9.84 Å². The van der Waals surface area contributed by atoms with E-state index >= 15 is 0 Å². The van der Waals surface area contributed by atoms with Crippen LogP contribution in [0.3, 0.4) is 0 Å². The van der Waals surface area contributed by atoms with Gasteiger partial charge in [0.05, 0.1) is 12.2 Å². The average molecular weight is 510 g/mol. The van der Waals surface area contributed by atoms with Crippen molar-refractivity contribution in [2.45, 2.75) is 24.9 Å². The van der Waals surface area contributed by atoms with Gasteiger partial charge in [0.15, 0.2) is 0 Å². The van der Waals surface area contributed by atoms with Gasteiger partial charge in [0.25, 0.3) is 0 Å². The van der Waals surface area contributed by atoms with Gasteiger partial charge in [0.2, 0.25) is 0 Å². The lowest BCUT2D eigenvalue weighted by Gasteiger charge is -2.30. The molecule has 0 aliphatic carbocycles. The SMILES string of the molecule is CN(C)CCCC(O)(c1ccccc1)c1cccc(OCCc2ccc(-c3ccc(C(=O)O)cc3)cc2)c1. The topological polar surface area (TPSA) is 70.0 Å². The summed E-state index contributed by atoms with van der Waals surface area (Å²) in [7, 11) is 4.09. The van der Waals surface area contributed by atoms with Crippen molar-refractivity contribution in [3.8, 4) is 16.9 Å². The summed E-state index contributed by atoms with van der Waals surface area (Å²) in [5, 5.41) is 20.9. The van der Waals surface area contributed by atoms with Crippen LogP contribution in [0.4, 0.5) is 0 Å². The Morgan fingerprint density at radius 3 is 2.08 bits per heavy atom. The van der Waals surface area contributed by atoms with Crippen LogP contribution < -0.4 is 4.74 Å². The maximum Gasteiger partial charge on any atom is 0.335 e. The fraction of sp³-hybridized carbons (Fsp3) is 0.242. The van der Waals surface area contributed by atoms with Gasteiger partial charge in [0, 0.05) is 6.42 Å². The zero-order valence-electron chi connectivity index (χ0n) is 22.0. The number of ether oxygens (including phenoxy) is 1. The van der Waals surface area contributed by atoms with Crippen molar-refractivity contribution in [1.29, 1.82) is 0 Å². The first-order chi connectivity index (χ1) is 18.3. The Hall–Kier alpha value is -3.93. The van der Waals surface area contributed by atoms with E-state index in [0.29, 0.717) is 13.0 Å². The normalized spacial score (nSPS) is 12.7. The second-order valence-corrected chi connectivity index (χ2v) is 9.84. The first-order valence-corrected chi connectivity index (χ1v) is 12.9. The molecule has 4 aromatic carbocycles. The Morgan fingerprint density at radius 2 is 1.45 bits per heavy atom. The first-order valence-electron chi connectivity index (χ1n) is 12.9. The summed E-state index contributed by atoms with van der Waals surface area (Å²) in [5.74, 6) is -0.189. The van der Waals surface area contributed by atoms with Gasteiger partial charge in [-0.15, -0.1) is 0 Å². The first kappa shape index (κ1) is 27.1. The van der Waals surface area contributed by atoms with E-state index in [1.807, 2.05) is 93.0 Å². The summed E-state index contributed by atoms with van der Waals surface area (Å²) in [6, 6.07) is 32.7. The monoisotopic (exact) mass is 509 g/mol. The van der Waals surface area contributed by atoms with Crippen LogP contribution in [-0.2, 0) is 12.0 Å². The Kier molecular flexibility index (Phi) is 8.95. The summed E-state index contributed by atoms with van der Waals surface area (Å²) >= 11 is 0. The number of benzene rings is 4. The molecular weight excluding hydrogens is 474 g/mol. The molecule has 0 amide bonds. The molecule has 0 heterocycles. The van der Waals surface area contributed by atoms with Gasteiger partial charge >= 0.3 is 5.97 Å². The quantitative estimate of drug-likeness (QED) is 0.236. The molecule has 0 aliphatic rings. The molecule has 0 bridgehead atoms. The smallest absolute Gasteiger partial charge is 0.335 e. The molecule has 4 rings (SSSR count). The van der Waals surface area contributed by atoms with E-state index in [0.717, 1.165) is 53.0 Å². The third kappa shape index (κ3) is 6.88. The van der Waals surface area contributed by atoms with Crippen LogP contribution in [0.5, 0.6) is 5.75 Å².